The molecule has 104 valence electrons. The molecule has 19 heavy (non-hydrogen) atoms. The molecule has 1 aromatic carbocycles. The number of aromatic nitrogens is 2. The van der Waals surface area contributed by atoms with Crippen molar-refractivity contribution in [3.63, 3.8) is 0 Å². The van der Waals surface area contributed by atoms with Crippen LogP contribution in [0.5, 0.6) is 0 Å². The molecule has 3 N–H and O–H groups in total. The van der Waals surface area contributed by atoms with Gasteiger partial charge in [-0.1, -0.05) is 26.0 Å². The molecule has 1 atom stereocenters. The van der Waals surface area contributed by atoms with E-state index in [1.807, 2.05) is 12.1 Å². The second-order valence-corrected chi connectivity index (χ2v) is 5.61. The highest BCUT2D eigenvalue weighted by molar-refractivity contribution is 5.75. The molecule has 0 fully saturated rings. The van der Waals surface area contributed by atoms with Crippen molar-refractivity contribution < 1.29 is 0 Å². The van der Waals surface area contributed by atoms with E-state index in [1.165, 1.54) is 11.9 Å². The van der Waals surface area contributed by atoms with Crippen LogP contribution in [0.1, 0.15) is 32.5 Å². The Morgan fingerprint density at radius 3 is 2.63 bits per heavy atom. The Bertz CT molecular complexity index is 530. The van der Waals surface area contributed by atoms with E-state index in [-0.39, 0.29) is 6.04 Å². The van der Waals surface area contributed by atoms with E-state index in [0.29, 0.717) is 5.92 Å². The quantitative estimate of drug-likeness (QED) is 0.619. The standard InChI is InChI=1S/C15H24N4/c1-11(2)8-9-12(18-16)10-15-17-13-6-4-5-7-14(13)19(15)3/h4-7,11-12,18H,8-10,16H2,1-3H3. The molecule has 1 heterocycles. The van der Waals surface area contributed by atoms with Gasteiger partial charge in [-0.15, -0.1) is 0 Å². The summed E-state index contributed by atoms with van der Waals surface area (Å²) in [5.41, 5.74) is 5.16. The maximum absolute atomic E-state index is 5.66. The molecule has 0 amide bonds. The van der Waals surface area contributed by atoms with Crippen LogP contribution in [0.25, 0.3) is 11.0 Å². The summed E-state index contributed by atoms with van der Waals surface area (Å²) >= 11 is 0. The van der Waals surface area contributed by atoms with Crippen molar-refractivity contribution in [1.82, 2.24) is 15.0 Å². The van der Waals surface area contributed by atoms with Gasteiger partial charge in [0.15, 0.2) is 0 Å². The number of rotatable bonds is 6. The maximum Gasteiger partial charge on any atom is 0.111 e. The van der Waals surface area contributed by atoms with Crippen molar-refractivity contribution in [3.8, 4) is 0 Å². The van der Waals surface area contributed by atoms with E-state index >= 15 is 0 Å². The number of hydrogen-bond donors (Lipinski definition) is 2. The van der Waals surface area contributed by atoms with Crippen LogP contribution < -0.4 is 11.3 Å². The van der Waals surface area contributed by atoms with Crippen LogP contribution in [-0.4, -0.2) is 15.6 Å². The number of benzene rings is 1. The zero-order chi connectivity index (χ0) is 13.8. The lowest BCUT2D eigenvalue weighted by Gasteiger charge is -2.16. The number of aryl methyl sites for hydroxylation is 1. The summed E-state index contributed by atoms with van der Waals surface area (Å²) in [6, 6.07) is 8.52. The van der Waals surface area contributed by atoms with Crippen LogP contribution in [0.3, 0.4) is 0 Å². The van der Waals surface area contributed by atoms with Gasteiger partial charge in [-0.25, -0.2) is 4.98 Å². The minimum Gasteiger partial charge on any atom is -0.331 e. The summed E-state index contributed by atoms with van der Waals surface area (Å²) in [5.74, 6) is 7.46. The van der Waals surface area contributed by atoms with E-state index in [0.717, 1.165) is 24.2 Å². The van der Waals surface area contributed by atoms with Gasteiger partial charge in [0.05, 0.1) is 11.0 Å². The largest absolute Gasteiger partial charge is 0.331 e. The van der Waals surface area contributed by atoms with E-state index < -0.39 is 0 Å². The van der Waals surface area contributed by atoms with Gasteiger partial charge in [0.2, 0.25) is 0 Å². The van der Waals surface area contributed by atoms with Crippen LogP contribution >= 0.6 is 0 Å². The second-order valence-electron chi connectivity index (χ2n) is 5.61. The average Bonchev–Trinajstić information content (AvgIpc) is 2.71. The Balaban J connectivity index is 2.13. The number of nitrogens with two attached hydrogens (primary N) is 1. The van der Waals surface area contributed by atoms with Gasteiger partial charge in [0.25, 0.3) is 0 Å². The lowest BCUT2D eigenvalue weighted by Crippen LogP contribution is -2.37. The fraction of sp³-hybridized carbons (Fsp3) is 0.533. The summed E-state index contributed by atoms with van der Waals surface area (Å²) in [6.45, 7) is 4.48. The zero-order valence-corrected chi connectivity index (χ0v) is 12.1. The number of hydrazine groups is 1. The maximum atomic E-state index is 5.66. The monoisotopic (exact) mass is 260 g/mol. The van der Waals surface area contributed by atoms with E-state index in [4.69, 9.17) is 10.8 Å². The summed E-state index contributed by atoms with van der Waals surface area (Å²) in [4.78, 5) is 4.69. The van der Waals surface area contributed by atoms with Gasteiger partial charge in [-0.2, -0.15) is 0 Å². The minimum absolute atomic E-state index is 0.290. The van der Waals surface area contributed by atoms with Crippen molar-refractivity contribution in [2.24, 2.45) is 18.8 Å². The van der Waals surface area contributed by atoms with Crippen molar-refractivity contribution in [3.05, 3.63) is 30.1 Å². The molecular weight excluding hydrogens is 236 g/mol. The molecule has 2 rings (SSSR count). The molecule has 0 aliphatic rings. The first-order valence-corrected chi connectivity index (χ1v) is 6.98. The third-order valence-electron chi connectivity index (χ3n) is 3.64. The van der Waals surface area contributed by atoms with Crippen molar-refractivity contribution in [1.29, 1.82) is 0 Å². The molecule has 1 aromatic heterocycles. The van der Waals surface area contributed by atoms with Gasteiger partial charge in [0.1, 0.15) is 5.82 Å². The highest BCUT2D eigenvalue weighted by Crippen LogP contribution is 2.17. The van der Waals surface area contributed by atoms with Crippen LogP contribution in [0.15, 0.2) is 24.3 Å². The summed E-state index contributed by atoms with van der Waals surface area (Å²) in [5, 5.41) is 0. The van der Waals surface area contributed by atoms with Crippen LogP contribution in [0.2, 0.25) is 0 Å². The number of fused-ring (bicyclic) bond motifs is 1. The van der Waals surface area contributed by atoms with Crippen molar-refractivity contribution in [2.75, 3.05) is 0 Å². The Morgan fingerprint density at radius 1 is 1.26 bits per heavy atom. The molecule has 0 saturated carbocycles. The van der Waals surface area contributed by atoms with Crippen LogP contribution in [-0.2, 0) is 13.5 Å². The molecule has 1 unspecified atom stereocenters. The predicted octanol–water partition coefficient (Wildman–Crippen LogP) is 2.38. The average molecular weight is 260 g/mol. The van der Waals surface area contributed by atoms with Gasteiger partial charge in [-0.05, 0) is 30.9 Å². The summed E-state index contributed by atoms with van der Waals surface area (Å²) < 4.78 is 2.16. The Morgan fingerprint density at radius 2 is 2.00 bits per heavy atom. The SMILES string of the molecule is CC(C)CCC(Cc1nc2ccccc2n1C)NN. The van der Waals surface area contributed by atoms with Gasteiger partial charge >= 0.3 is 0 Å². The fourth-order valence-electron chi connectivity index (χ4n) is 2.38. The molecule has 4 heteroatoms. The summed E-state index contributed by atoms with van der Waals surface area (Å²) in [6.07, 6.45) is 3.13. The third-order valence-corrected chi connectivity index (χ3v) is 3.64. The molecular formula is C15H24N4. The lowest BCUT2D eigenvalue weighted by molar-refractivity contribution is 0.426. The Kier molecular flexibility index (Phi) is 4.56. The zero-order valence-electron chi connectivity index (χ0n) is 12.1. The highest BCUT2D eigenvalue weighted by atomic mass is 15.2. The van der Waals surface area contributed by atoms with E-state index in [2.05, 4.69) is 43.0 Å². The third kappa shape index (κ3) is 3.33. The first-order chi connectivity index (χ1) is 9.11. The number of nitrogens with zero attached hydrogens (tertiary/aromatic N) is 2. The second kappa shape index (κ2) is 6.17. The smallest absolute Gasteiger partial charge is 0.111 e. The normalized spacial score (nSPS) is 13.3. The summed E-state index contributed by atoms with van der Waals surface area (Å²) in [7, 11) is 2.07. The van der Waals surface area contributed by atoms with Crippen molar-refractivity contribution >= 4 is 11.0 Å². The molecule has 0 saturated heterocycles. The van der Waals surface area contributed by atoms with E-state index in [1.54, 1.807) is 0 Å². The Labute approximate surface area is 115 Å². The van der Waals surface area contributed by atoms with Gasteiger partial charge < -0.3 is 4.57 Å². The topological polar surface area (TPSA) is 55.9 Å². The molecule has 0 bridgehead atoms. The molecule has 0 spiro atoms. The first-order valence-electron chi connectivity index (χ1n) is 6.98. The van der Waals surface area contributed by atoms with E-state index in [9.17, 15) is 0 Å². The number of nitrogens with one attached hydrogen (secondary N) is 1. The highest BCUT2D eigenvalue weighted by Gasteiger charge is 2.14. The van der Waals surface area contributed by atoms with Gasteiger partial charge in [-0.3, -0.25) is 11.3 Å². The molecule has 0 aliphatic heterocycles. The number of hydrogen-bond acceptors (Lipinski definition) is 3. The number of imidazole rings is 1. The first kappa shape index (κ1) is 14.0. The van der Waals surface area contributed by atoms with Gasteiger partial charge in [0, 0.05) is 19.5 Å². The van der Waals surface area contributed by atoms with Crippen LogP contribution in [0.4, 0.5) is 0 Å². The lowest BCUT2D eigenvalue weighted by atomic mass is 10.0. The molecule has 0 radical (unpaired) electrons. The predicted molar refractivity (Wildman–Crippen MR) is 79.6 cm³/mol. The van der Waals surface area contributed by atoms with Crippen molar-refractivity contribution in [2.45, 2.75) is 39.2 Å². The Hall–Kier alpha value is -1.39. The number of para-hydroxylation sites is 2. The molecule has 0 aliphatic carbocycles. The molecule has 2 aromatic rings. The van der Waals surface area contributed by atoms with Crippen LogP contribution in [0, 0.1) is 5.92 Å². The molecule has 4 nitrogen and oxygen atoms in total. The fourth-order valence-corrected chi connectivity index (χ4v) is 2.38. The minimum atomic E-state index is 0.290.